The first-order valence-corrected chi connectivity index (χ1v) is 6.24. The Kier molecular flexibility index (Phi) is 4.49. The Balaban J connectivity index is 3.72. The molecule has 1 aromatic carbocycles. The number of carbonyl (C=O) groups is 1. The molecule has 0 heterocycles. The molecule has 0 saturated carbocycles. The van der Waals surface area contributed by atoms with Gasteiger partial charge in [-0.2, -0.15) is 13.2 Å². The van der Waals surface area contributed by atoms with Gasteiger partial charge in [0.15, 0.2) is 5.78 Å². The molecule has 9 heteroatoms. The van der Waals surface area contributed by atoms with Crippen LogP contribution in [0.4, 0.5) is 18.9 Å². The zero-order valence-electron chi connectivity index (χ0n) is 8.42. The summed E-state index contributed by atoms with van der Waals surface area (Å²) < 4.78 is 38.1. The summed E-state index contributed by atoms with van der Waals surface area (Å²) in [5.74, 6) is -1.00. The van der Waals surface area contributed by atoms with E-state index in [4.69, 9.17) is 0 Å². The molecule has 0 atom stereocenters. The maximum atomic E-state index is 12.8. The third-order valence-corrected chi connectivity index (χ3v) is 3.18. The van der Waals surface area contributed by atoms with E-state index in [1.54, 1.807) is 0 Å². The van der Waals surface area contributed by atoms with Gasteiger partial charge in [0.05, 0.1) is 15.8 Å². The van der Waals surface area contributed by atoms with Gasteiger partial charge in [-0.15, -0.1) is 0 Å². The molecule has 0 fully saturated rings. The molecule has 18 heavy (non-hydrogen) atoms. The predicted octanol–water partition coefficient (Wildman–Crippen LogP) is 3.95. The van der Waals surface area contributed by atoms with Gasteiger partial charge in [0.25, 0.3) is 5.69 Å². The van der Waals surface area contributed by atoms with Crippen LogP contribution in [0.15, 0.2) is 16.6 Å². The molecule has 0 saturated heterocycles. The van der Waals surface area contributed by atoms with Gasteiger partial charge in [-0.1, -0.05) is 31.9 Å². The predicted molar refractivity (Wildman–Crippen MR) is 63.9 cm³/mol. The van der Waals surface area contributed by atoms with E-state index >= 15 is 0 Å². The molecular formula is C9H4Br2F3NO3. The minimum atomic E-state index is -4.86. The number of alkyl halides is 4. The SMILES string of the molecule is O=C(CBr)c1c([N+](=O)[O-])ccc(Br)c1C(F)(F)F. The van der Waals surface area contributed by atoms with E-state index in [1.807, 2.05) is 0 Å². The van der Waals surface area contributed by atoms with Crippen molar-refractivity contribution in [2.45, 2.75) is 6.18 Å². The lowest BCUT2D eigenvalue weighted by molar-refractivity contribution is -0.385. The van der Waals surface area contributed by atoms with Crippen molar-refractivity contribution in [3.63, 3.8) is 0 Å². The normalized spacial score (nSPS) is 11.4. The topological polar surface area (TPSA) is 60.2 Å². The number of carbonyl (C=O) groups excluding carboxylic acids is 1. The lowest BCUT2D eigenvalue weighted by atomic mass is 10.0. The largest absolute Gasteiger partial charge is 0.418 e. The Morgan fingerprint density at radius 3 is 2.33 bits per heavy atom. The molecule has 0 aliphatic carbocycles. The Morgan fingerprint density at radius 1 is 1.39 bits per heavy atom. The molecule has 98 valence electrons. The highest BCUT2D eigenvalue weighted by molar-refractivity contribution is 9.10. The van der Waals surface area contributed by atoms with Crippen LogP contribution in [-0.4, -0.2) is 16.0 Å². The number of nitro benzene ring substituents is 1. The second-order valence-corrected chi connectivity index (χ2v) is 4.54. The van der Waals surface area contributed by atoms with E-state index in [2.05, 4.69) is 31.9 Å². The first-order chi connectivity index (χ1) is 8.20. The second kappa shape index (κ2) is 5.35. The second-order valence-electron chi connectivity index (χ2n) is 3.13. The van der Waals surface area contributed by atoms with Crippen LogP contribution < -0.4 is 0 Å². The van der Waals surface area contributed by atoms with Gasteiger partial charge in [-0.3, -0.25) is 14.9 Å². The van der Waals surface area contributed by atoms with Crippen LogP contribution >= 0.6 is 31.9 Å². The molecular weight excluding hydrogens is 387 g/mol. The number of hydrogen-bond acceptors (Lipinski definition) is 3. The molecule has 0 N–H and O–H groups in total. The van der Waals surface area contributed by atoms with Crippen molar-refractivity contribution in [2.24, 2.45) is 0 Å². The van der Waals surface area contributed by atoms with E-state index in [0.29, 0.717) is 0 Å². The quantitative estimate of drug-likeness (QED) is 0.340. The number of nitro groups is 1. The van der Waals surface area contributed by atoms with Gasteiger partial charge < -0.3 is 0 Å². The summed E-state index contributed by atoms with van der Waals surface area (Å²) in [5, 5.41) is 10.3. The van der Waals surface area contributed by atoms with E-state index in [0.717, 1.165) is 12.1 Å². The first kappa shape index (κ1) is 15.1. The van der Waals surface area contributed by atoms with E-state index in [9.17, 15) is 28.1 Å². The number of nitrogens with zero attached hydrogens (tertiary/aromatic N) is 1. The lowest BCUT2D eigenvalue weighted by Gasteiger charge is -2.13. The summed E-state index contributed by atoms with van der Waals surface area (Å²) in [4.78, 5) is 21.2. The van der Waals surface area contributed by atoms with Gasteiger partial charge >= 0.3 is 6.18 Å². The summed E-state index contributed by atoms with van der Waals surface area (Å²) in [6.45, 7) is 0. The Bertz CT molecular complexity index is 517. The molecule has 0 radical (unpaired) electrons. The number of benzene rings is 1. The smallest absolute Gasteiger partial charge is 0.293 e. The number of halogens is 5. The third kappa shape index (κ3) is 2.89. The number of ketones is 1. The fourth-order valence-corrected chi connectivity index (χ4v) is 2.18. The minimum absolute atomic E-state index is 0.412. The maximum absolute atomic E-state index is 12.8. The lowest BCUT2D eigenvalue weighted by Crippen LogP contribution is -2.17. The van der Waals surface area contributed by atoms with Crippen LogP contribution in [-0.2, 0) is 6.18 Å². The average molecular weight is 391 g/mol. The van der Waals surface area contributed by atoms with Crippen molar-refractivity contribution >= 4 is 43.3 Å². The molecule has 0 amide bonds. The molecule has 4 nitrogen and oxygen atoms in total. The summed E-state index contributed by atoms with van der Waals surface area (Å²) in [7, 11) is 0. The van der Waals surface area contributed by atoms with Crippen LogP contribution in [0.1, 0.15) is 15.9 Å². The van der Waals surface area contributed by atoms with E-state index in [1.165, 1.54) is 0 Å². The van der Waals surface area contributed by atoms with Crippen molar-refractivity contribution in [1.29, 1.82) is 0 Å². The summed E-state index contributed by atoms with van der Waals surface area (Å²) in [6.07, 6.45) is -4.86. The molecule has 0 bridgehead atoms. The van der Waals surface area contributed by atoms with E-state index in [-0.39, 0.29) is 0 Å². The molecule has 1 rings (SSSR count). The highest BCUT2D eigenvalue weighted by atomic mass is 79.9. The fourth-order valence-electron chi connectivity index (χ4n) is 1.34. The van der Waals surface area contributed by atoms with Gasteiger partial charge in [0.1, 0.15) is 5.56 Å². The molecule has 0 aliphatic heterocycles. The van der Waals surface area contributed by atoms with Crippen molar-refractivity contribution in [2.75, 3.05) is 5.33 Å². The standard InChI is InChI=1S/C9H4Br2F3NO3/c10-3-6(16)7-5(15(17)18)2-1-4(11)8(7)9(12,13)14/h1-2H,3H2. The highest BCUT2D eigenvalue weighted by Gasteiger charge is 2.41. The molecule has 0 aromatic heterocycles. The minimum Gasteiger partial charge on any atom is -0.293 e. The van der Waals surface area contributed by atoms with Gasteiger partial charge in [-0.05, 0) is 6.07 Å². The van der Waals surface area contributed by atoms with Crippen molar-refractivity contribution in [3.05, 3.63) is 37.8 Å². The van der Waals surface area contributed by atoms with Crippen LogP contribution in [0, 0.1) is 10.1 Å². The van der Waals surface area contributed by atoms with Crippen molar-refractivity contribution < 1.29 is 22.9 Å². The molecule has 0 spiro atoms. The Labute approximate surface area is 116 Å². The Hall–Kier alpha value is -0.960. The highest BCUT2D eigenvalue weighted by Crippen LogP contribution is 2.41. The first-order valence-electron chi connectivity index (χ1n) is 4.33. The van der Waals surface area contributed by atoms with Crippen LogP contribution in [0.5, 0.6) is 0 Å². The number of hydrogen-bond donors (Lipinski definition) is 0. The monoisotopic (exact) mass is 389 g/mol. The molecule has 0 unspecified atom stereocenters. The van der Waals surface area contributed by atoms with Crippen LogP contribution in [0.25, 0.3) is 0 Å². The van der Waals surface area contributed by atoms with Crippen LogP contribution in [0.2, 0.25) is 0 Å². The molecule has 1 aromatic rings. The van der Waals surface area contributed by atoms with Crippen molar-refractivity contribution in [1.82, 2.24) is 0 Å². The summed E-state index contributed by atoms with van der Waals surface area (Å²) >= 11 is 5.36. The average Bonchev–Trinajstić information content (AvgIpc) is 2.25. The fraction of sp³-hybridized carbons (Fsp3) is 0.222. The van der Waals surface area contributed by atoms with Gasteiger partial charge in [0.2, 0.25) is 0 Å². The zero-order valence-corrected chi connectivity index (χ0v) is 11.6. The zero-order chi connectivity index (χ0) is 14.1. The third-order valence-electron chi connectivity index (χ3n) is 2.01. The summed E-state index contributed by atoms with van der Waals surface area (Å²) in [6, 6.07) is 1.75. The van der Waals surface area contributed by atoms with Crippen LogP contribution in [0.3, 0.4) is 0 Å². The number of rotatable bonds is 3. The maximum Gasteiger partial charge on any atom is 0.418 e. The molecule has 0 aliphatic rings. The Morgan fingerprint density at radius 2 is 1.94 bits per heavy atom. The summed E-state index contributed by atoms with van der Waals surface area (Å²) in [5.41, 5.74) is -3.14. The number of Topliss-reactive ketones (excluding diaryl/α,β-unsaturated/α-hetero) is 1. The van der Waals surface area contributed by atoms with Gasteiger partial charge in [-0.25, -0.2) is 0 Å². The van der Waals surface area contributed by atoms with E-state index < -0.39 is 43.5 Å². The van der Waals surface area contributed by atoms with Gasteiger partial charge in [0, 0.05) is 10.5 Å². The van der Waals surface area contributed by atoms with Crippen molar-refractivity contribution in [3.8, 4) is 0 Å².